The first-order valence-electron chi connectivity index (χ1n) is 7.22. The number of ether oxygens (including phenoxy) is 1. The fourth-order valence-electron chi connectivity index (χ4n) is 1.93. The van der Waals surface area contributed by atoms with Crippen LogP contribution in [-0.4, -0.2) is 36.8 Å². The van der Waals surface area contributed by atoms with Crippen molar-refractivity contribution >= 4 is 11.6 Å². The van der Waals surface area contributed by atoms with E-state index in [4.69, 9.17) is 4.74 Å². The molecule has 0 saturated carbocycles. The van der Waals surface area contributed by atoms with E-state index in [1.165, 1.54) is 0 Å². The number of methoxy groups -OCH3 is 1. The number of rotatable bonds is 7. The highest BCUT2D eigenvalue weighted by molar-refractivity contribution is 5.57. The molecule has 1 unspecified atom stereocenters. The van der Waals surface area contributed by atoms with Crippen molar-refractivity contribution in [3.05, 3.63) is 11.4 Å². The first-order valence-corrected chi connectivity index (χ1v) is 7.22. The van der Waals surface area contributed by atoms with Gasteiger partial charge in [-0.15, -0.1) is 0 Å². The van der Waals surface area contributed by atoms with Crippen LogP contribution in [0.5, 0.6) is 0 Å². The normalized spacial score (nSPS) is 12.8. The molecule has 2 N–H and O–H groups in total. The Balaban J connectivity index is 3.11. The van der Waals surface area contributed by atoms with Gasteiger partial charge in [-0.2, -0.15) is 0 Å². The molecule has 1 aromatic heterocycles. The summed E-state index contributed by atoms with van der Waals surface area (Å²) in [7, 11) is 3.61. The van der Waals surface area contributed by atoms with Gasteiger partial charge in [0.1, 0.15) is 17.5 Å². The molecule has 0 aliphatic rings. The Morgan fingerprint density at radius 3 is 2.15 bits per heavy atom. The molecule has 5 nitrogen and oxygen atoms in total. The van der Waals surface area contributed by atoms with Gasteiger partial charge in [-0.05, 0) is 12.8 Å². The molecule has 1 atom stereocenters. The second-order valence-electron chi connectivity index (χ2n) is 5.76. The van der Waals surface area contributed by atoms with Crippen molar-refractivity contribution in [1.29, 1.82) is 0 Å². The lowest BCUT2D eigenvalue weighted by Crippen LogP contribution is -2.31. The topological polar surface area (TPSA) is 59.1 Å². The van der Waals surface area contributed by atoms with Crippen molar-refractivity contribution in [3.63, 3.8) is 0 Å². The summed E-state index contributed by atoms with van der Waals surface area (Å²) in [6, 6.07) is 0.235. The highest BCUT2D eigenvalue weighted by Gasteiger charge is 2.18. The molecule has 1 aromatic rings. The van der Waals surface area contributed by atoms with Crippen LogP contribution in [0.15, 0.2) is 0 Å². The van der Waals surface area contributed by atoms with Crippen LogP contribution in [0.3, 0.4) is 0 Å². The maximum atomic E-state index is 5.29. The van der Waals surface area contributed by atoms with Gasteiger partial charge in [0.15, 0.2) is 0 Å². The maximum Gasteiger partial charge on any atom is 0.135 e. The molecular weight excluding hydrogens is 252 g/mol. The zero-order valence-corrected chi connectivity index (χ0v) is 13.7. The highest BCUT2D eigenvalue weighted by atomic mass is 16.5. The third-order valence-electron chi connectivity index (χ3n) is 3.39. The Morgan fingerprint density at radius 2 is 1.70 bits per heavy atom. The Bertz CT molecular complexity index is 432. The van der Waals surface area contributed by atoms with Crippen LogP contribution < -0.4 is 10.6 Å². The summed E-state index contributed by atoms with van der Waals surface area (Å²) in [5.41, 5.74) is 1.04. The van der Waals surface area contributed by atoms with Crippen molar-refractivity contribution in [1.82, 2.24) is 9.97 Å². The minimum atomic E-state index is 0.235. The molecule has 0 amide bonds. The zero-order chi connectivity index (χ0) is 15.3. The van der Waals surface area contributed by atoms with Crippen LogP contribution in [0.4, 0.5) is 11.6 Å². The van der Waals surface area contributed by atoms with E-state index in [9.17, 15) is 0 Å². The lowest BCUT2D eigenvalue weighted by Gasteiger charge is -2.24. The van der Waals surface area contributed by atoms with Crippen LogP contribution in [0, 0.1) is 12.8 Å². The van der Waals surface area contributed by atoms with Crippen LogP contribution in [0.2, 0.25) is 0 Å². The lowest BCUT2D eigenvalue weighted by atomic mass is 10.1. The second-order valence-corrected chi connectivity index (χ2v) is 5.76. The summed E-state index contributed by atoms with van der Waals surface area (Å²) in [4.78, 5) is 9.22. The number of nitrogens with one attached hydrogen (secondary N) is 2. The summed E-state index contributed by atoms with van der Waals surface area (Å²) >= 11 is 0. The van der Waals surface area contributed by atoms with Gasteiger partial charge in [0.2, 0.25) is 0 Å². The van der Waals surface area contributed by atoms with E-state index in [0.29, 0.717) is 18.4 Å². The molecular formula is C15H28N4O. The van der Waals surface area contributed by atoms with Gasteiger partial charge in [-0.1, -0.05) is 27.7 Å². The SMILES string of the molecule is CNc1nc(C(C)C)nc(NC(COC)C(C)C)c1C. The van der Waals surface area contributed by atoms with E-state index in [2.05, 4.69) is 48.3 Å². The molecule has 0 spiro atoms. The van der Waals surface area contributed by atoms with Crippen LogP contribution in [-0.2, 0) is 4.74 Å². The smallest absolute Gasteiger partial charge is 0.135 e. The zero-order valence-electron chi connectivity index (χ0n) is 13.7. The summed E-state index contributed by atoms with van der Waals surface area (Å²) in [6.45, 7) is 11.2. The molecule has 0 aromatic carbocycles. The fraction of sp³-hybridized carbons (Fsp3) is 0.733. The predicted molar refractivity (Wildman–Crippen MR) is 84.5 cm³/mol. The fourth-order valence-corrected chi connectivity index (χ4v) is 1.93. The van der Waals surface area contributed by atoms with E-state index < -0.39 is 0 Å². The number of hydrogen-bond acceptors (Lipinski definition) is 5. The molecule has 1 heterocycles. The van der Waals surface area contributed by atoms with Gasteiger partial charge in [-0.3, -0.25) is 0 Å². The van der Waals surface area contributed by atoms with Crippen molar-refractivity contribution in [2.45, 2.75) is 46.6 Å². The highest BCUT2D eigenvalue weighted by Crippen LogP contribution is 2.24. The van der Waals surface area contributed by atoms with E-state index in [0.717, 1.165) is 23.0 Å². The van der Waals surface area contributed by atoms with Crippen LogP contribution >= 0.6 is 0 Å². The van der Waals surface area contributed by atoms with Crippen molar-refractivity contribution in [2.75, 3.05) is 31.4 Å². The van der Waals surface area contributed by atoms with Gasteiger partial charge in [-0.25, -0.2) is 9.97 Å². The Labute approximate surface area is 122 Å². The molecule has 0 aliphatic heterocycles. The average molecular weight is 280 g/mol. The van der Waals surface area contributed by atoms with Crippen LogP contribution in [0.1, 0.15) is 45.0 Å². The molecule has 114 valence electrons. The van der Waals surface area contributed by atoms with E-state index in [-0.39, 0.29) is 6.04 Å². The first kappa shape index (κ1) is 16.7. The summed E-state index contributed by atoms with van der Waals surface area (Å²) in [5, 5.41) is 6.64. The van der Waals surface area contributed by atoms with Gasteiger partial charge in [0.05, 0.1) is 12.6 Å². The number of aromatic nitrogens is 2. The van der Waals surface area contributed by atoms with Gasteiger partial charge in [0.25, 0.3) is 0 Å². The monoisotopic (exact) mass is 280 g/mol. The predicted octanol–water partition coefficient (Wildman–Crippen LogP) is 3.03. The lowest BCUT2D eigenvalue weighted by molar-refractivity contribution is 0.171. The maximum absolute atomic E-state index is 5.29. The standard InChI is InChI=1S/C15H28N4O/c1-9(2)12(8-20-7)17-15-11(5)14(16-6)18-13(19-15)10(3)4/h9-10,12H,8H2,1-7H3,(H2,16,17,18,19). The van der Waals surface area contributed by atoms with Gasteiger partial charge >= 0.3 is 0 Å². The van der Waals surface area contributed by atoms with Crippen molar-refractivity contribution in [3.8, 4) is 0 Å². The van der Waals surface area contributed by atoms with Gasteiger partial charge in [0, 0.05) is 25.6 Å². The molecule has 0 saturated heterocycles. The van der Waals surface area contributed by atoms with Crippen molar-refractivity contribution in [2.24, 2.45) is 5.92 Å². The minimum absolute atomic E-state index is 0.235. The average Bonchev–Trinajstić information content (AvgIpc) is 2.39. The Morgan fingerprint density at radius 1 is 1.10 bits per heavy atom. The number of nitrogens with zero attached hydrogens (tertiary/aromatic N) is 2. The Kier molecular flexibility index (Phi) is 6.20. The van der Waals surface area contributed by atoms with E-state index >= 15 is 0 Å². The largest absolute Gasteiger partial charge is 0.383 e. The minimum Gasteiger partial charge on any atom is -0.383 e. The quantitative estimate of drug-likeness (QED) is 0.804. The molecule has 1 rings (SSSR count). The molecule has 0 fully saturated rings. The van der Waals surface area contributed by atoms with Gasteiger partial charge < -0.3 is 15.4 Å². The van der Waals surface area contributed by atoms with E-state index in [1.807, 2.05) is 14.0 Å². The molecule has 0 bridgehead atoms. The summed E-state index contributed by atoms with van der Waals surface area (Å²) < 4.78 is 5.29. The Hall–Kier alpha value is -1.36. The van der Waals surface area contributed by atoms with E-state index in [1.54, 1.807) is 7.11 Å². The number of anilines is 2. The second kappa shape index (κ2) is 7.43. The molecule has 0 aliphatic carbocycles. The van der Waals surface area contributed by atoms with Crippen molar-refractivity contribution < 1.29 is 4.74 Å². The first-order chi connectivity index (χ1) is 9.40. The third kappa shape index (κ3) is 4.07. The summed E-state index contributed by atoms with van der Waals surface area (Å²) in [6.07, 6.45) is 0. The molecule has 5 heteroatoms. The number of hydrogen-bond donors (Lipinski definition) is 2. The molecule has 0 radical (unpaired) electrons. The van der Waals surface area contributed by atoms with Crippen LogP contribution in [0.25, 0.3) is 0 Å². The molecule has 20 heavy (non-hydrogen) atoms. The summed E-state index contributed by atoms with van der Waals surface area (Å²) in [5.74, 6) is 3.38. The third-order valence-corrected chi connectivity index (χ3v) is 3.39.